The Labute approximate surface area is 149 Å². The number of carboxylic acids is 1. The molecule has 1 heterocycles. The van der Waals surface area contributed by atoms with Crippen LogP contribution in [0.2, 0.25) is 0 Å². The van der Waals surface area contributed by atoms with E-state index in [1.807, 2.05) is 19.1 Å². The second kappa shape index (κ2) is 12.2. The van der Waals surface area contributed by atoms with Crippen LogP contribution in [0.15, 0.2) is 6.08 Å². The number of aliphatic hydroxyl groups is 1. The van der Waals surface area contributed by atoms with Crippen LogP contribution in [0, 0.1) is 6.92 Å². The Hall–Kier alpha value is -1.20. The molecule has 0 bridgehead atoms. The maximum absolute atomic E-state index is 10.5. The zero-order chi connectivity index (χ0) is 17.8. The lowest BCUT2D eigenvalue weighted by Gasteiger charge is -2.04. The van der Waals surface area contributed by atoms with Gasteiger partial charge in [0.25, 0.3) is 0 Å². The first-order chi connectivity index (χ1) is 11.5. The molecule has 4 nitrogen and oxygen atoms in total. The summed E-state index contributed by atoms with van der Waals surface area (Å²) in [6.45, 7) is 4.17. The summed E-state index contributed by atoms with van der Waals surface area (Å²) in [5, 5.41) is 19.7. The van der Waals surface area contributed by atoms with Crippen LogP contribution in [0.1, 0.15) is 80.3 Å². The molecule has 0 radical (unpaired) electrons. The van der Waals surface area contributed by atoms with Crippen molar-refractivity contribution in [3.05, 3.63) is 21.7 Å². The zero-order valence-electron chi connectivity index (χ0n) is 15.0. The number of rotatable bonds is 13. The first kappa shape index (κ1) is 20.8. The van der Waals surface area contributed by atoms with Crippen LogP contribution in [-0.2, 0) is 11.2 Å². The minimum atomic E-state index is -0.713. The molecule has 0 saturated carbocycles. The first-order valence-electron chi connectivity index (χ1n) is 9.07. The molecule has 0 aromatic carbocycles. The molecule has 1 rings (SSSR count). The number of aryl methyl sites for hydroxylation is 2. The van der Waals surface area contributed by atoms with E-state index >= 15 is 0 Å². The Balaban J connectivity index is 2.39. The average Bonchev–Trinajstić information content (AvgIpc) is 2.88. The Bertz CT molecular complexity index is 511. The number of unbranched alkanes of at least 4 members (excludes halogenated alkanes) is 5. The van der Waals surface area contributed by atoms with Gasteiger partial charge in [-0.3, -0.25) is 4.79 Å². The summed E-state index contributed by atoms with van der Waals surface area (Å²) >= 11 is 1.67. The normalized spacial score (nSPS) is 12.8. The molecule has 1 unspecified atom stereocenters. The fraction of sp³-hybridized carbons (Fsp3) is 0.684. The number of hydrogen-bond acceptors (Lipinski definition) is 4. The van der Waals surface area contributed by atoms with E-state index < -0.39 is 5.97 Å². The van der Waals surface area contributed by atoms with Gasteiger partial charge in [0.15, 0.2) is 0 Å². The maximum atomic E-state index is 10.5. The van der Waals surface area contributed by atoms with Gasteiger partial charge >= 0.3 is 5.97 Å². The van der Waals surface area contributed by atoms with E-state index in [2.05, 4.69) is 11.9 Å². The van der Waals surface area contributed by atoms with Crippen LogP contribution in [0.25, 0.3) is 6.08 Å². The van der Waals surface area contributed by atoms with Crippen molar-refractivity contribution in [2.45, 2.75) is 84.2 Å². The minimum absolute atomic E-state index is 0.264. The SMILES string of the molecule is CCCCCC(O)/C=C/c1sc(C)nc1CCCCCCC(=O)O. The van der Waals surface area contributed by atoms with Crippen LogP contribution in [-0.4, -0.2) is 27.3 Å². The number of hydrogen-bond donors (Lipinski definition) is 2. The van der Waals surface area contributed by atoms with Crippen LogP contribution in [0.5, 0.6) is 0 Å². The number of thiazole rings is 1. The molecule has 0 aliphatic carbocycles. The monoisotopic (exact) mass is 353 g/mol. The summed E-state index contributed by atoms with van der Waals surface area (Å²) in [7, 11) is 0. The second-order valence-electron chi connectivity index (χ2n) is 6.27. The van der Waals surface area contributed by atoms with Gasteiger partial charge in [-0.05, 0) is 38.7 Å². The van der Waals surface area contributed by atoms with Crippen molar-refractivity contribution in [2.75, 3.05) is 0 Å². The number of carbonyl (C=O) groups is 1. The van der Waals surface area contributed by atoms with Crippen molar-refractivity contribution in [3.8, 4) is 0 Å². The molecule has 1 atom stereocenters. The molecule has 5 heteroatoms. The Morgan fingerprint density at radius 3 is 2.67 bits per heavy atom. The standard InChI is InChI=1S/C19H31NO3S/c1-3-4-7-10-16(21)13-14-18-17(20-15(2)24-18)11-8-5-6-9-12-19(22)23/h13-14,16,21H,3-12H2,1-2H3,(H,22,23)/b14-13+. The highest BCUT2D eigenvalue weighted by Gasteiger charge is 2.07. The van der Waals surface area contributed by atoms with Gasteiger partial charge in [0, 0.05) is 6.42 Å². The molecule has 136 valence electrons. The van der Waals surface area contributed by atoms with E-state index in [1.54, 1.807) is 11.3 Å². The molecule has 0 spiro atoms. The van der Waals surface area contributed by atoms with Gasteiger partial charge in [0.05, 0.1) is 21.7 Å². The smallest absolute Gasteiger partial charge is 0.303 e. The molecule has 2 N–H and O–H groups in total. The van der Waals surface area contributed by atoms with E-state index in [-0.39, 0.29) is 12.5 Å². The summed E-state index contributed by atoms with van der Waals surface area (Å²) in [5.74, 6) is -0.713. The predicted molar refractivity (Wildman–Crippen MR) is 100 cm³/mol. The first-order valence-corrected chi connectivity index (χ1v) is 9.89. The van der Waals surface area contributed by atoms with Crippen molar-refractivity contribution >= 4 is 23.4 Å². The van der Waals surface area contributed by atoms with E-state index in [4.69, 9.17) is 5.11 Å². The summed E-state index contributed by atoms with van der Waals surface area (Å²) in [6, 6.07) is 0. The molecule has 1 aromatic rings. The van der Waals surface area contributed by atoms with Crippen LogP contribution >= 0.6 is 11.3 Å². The highest BCUT2D eigenvalue weighted by molar-refractivity contribution is 7.12. The van der Waals surface area contributed by atoms with Gasteiger partial charge in [-0.2, -0.15) is 0 Å². The Kier molecular flexibility index (Phi) is 10.6. The molecule has 0 aliphatic heterocycles. The van der Waals surface area contributed by atoms with Crippen molar-refractivity contribution in [3.63, 3.8) is 0 Å². The third-order valence-electron chi connectivity index (χ3n) is 3.96. The van der Waals surface area contributed by atoms with E-state index in [0.717, 1.165) is 66.9 Å². The highest BCUT2D eigenvalue weighted by Crippen LogP contribution is 2.22. The lowest BCUT2D eigenvalue weighted by atomic mass is 10.1. The van der Waals surface area contributed by atoms with Crippen molar-refractivity contribution in [1.29, 1.82) is 0 Å². The number of aromatic nitrogens is 1. The second-order valence-corrected chi connectivity index (χ2v) is 7.51. The molecular formula is C19H31NO3S. The molecule has 0 saturated heterocycles. The van der Waals surface area contributed by atoms with Crippen LogP contribution in [0.3, 0.4) is 0 Å². The largest absolute Gasteiger partial charge is 0.481 e. The Morgan fingerprint density at radius 1 is 1.21 bits per heavy atom. The van der Waals surface area contributed by atoms with Gasteiger partial charge in [-0.1, -0.05) is 45.1 Å². The third-order valence-corrected chi connectivity index (χ3v) is 4.94. The molecule has 0 aliphatic rings. The van der Waals surface area contributed by atoms with E-state index in [9.17, 15) is 9.90 Å². The number of carboxylic acid groups (broad SMARTS) is 1. The molecular weight excluding hydrogens is 322 g/mol. The maximum Gasteiger partial charge on any atom is 0.303 e. The summed E-state index contributed by atoms with van der Waals surface area (Å²) < 4.78 is 0. The number of aliphatic hydroxyl groups excluding tert-OH is 1. The van der Waals surface area contributed by atoms with Crippen LogP contribution in [0.4, 0.5) is 0 Å². The zero-order valence-corrected chi connectivity index (χ0v) is 15.8. The summed E-state index contributed by atoms with van der Waals surface area (Å²) in [6.07, 6.45) is 12.7. The van der Waals surface area contributed by atoms with E-state index in [1.165, 1.54) is 6.42 Å². The predicted octanol–water partition coefficient (Wildman–Crippen LogP) is 4.98. The fourth-order valence-electron chi connectivity index (χ4n) is 2.62. The summed E-state index contributed by atoms with van der Waals surface area (Å²) in [5.41, 5.74) is 1.10. The molecule has 24 heavy (non-hydrogen) atoms. The topological polar surface area (TPSA) is 70.4 Å². The van der Waals surface area contributed by atoms with Crippen molar-refractivity contribution in [2.24, 2.45) is 0 Å². The molecule has 1 aromatic heterocycles. The van der Waals surface area contributed by atoms with E-state index in [0.29, 0.717) is 0 Å². The van der Waals surface area contributed by atoms with Crippen molar-refractivity contribution < 1.29 is 15.0 Å². The van der Waals surface area contributed by atoms with Gasteiger partial charge in [0.1, 0.15) is 0 Å². The van der Waals surface area contributed by atoms with Gasteiger partial charge in [-0.25, -0.2) is 4.98 Å². The minimum Gasteiger partial charge on any atom is -0.481 e. The number of nitrogens with zero attached hydrogens (tertiary/aromatic N) is 1. The Morgan fingerprint density at radius 2 is 1.96 bits per heavy atom. The average molecular weight is 354 g/mol. The van der Waals surface area contributed by atoms with Gasteiger partial charge < -0.3 is 10.2 Å². The van der Waals surface area contributed by atoms with Gasteiger partial charge in [-0.15, -0.1) is 11.3 Å². The van der Waals surface area contributed by atoms with Gasteiger partial charge in [0.2, 0.25) is 0 Å². The summed E-state index contributed by atoms with van der Waals surface area (Å²) in [4.78, 5) is 16.2. The quantitative estimate of drug-likeness (QED) is 0.490. The lowest BCUT2D eigenvalue weighted by molar-refractivity contribution is -0.137. The molecule has 0 fully saturated rings. The van der Waals surface area contributed by atoms with Crippen molar-refractivity contribution in [1.82, 2.24) is 4.98 Å². The van der Waals surface area contributed by atoms with Crippen LogP contribution < -0.4 is 0 Å². The fourth-order valence-corrected chi connectivity index (χ4v) is 3.50. The lowest BCUT2D eigenvalue weighted by Crippen LogP contribution is -2.01. The highest BCUT2D eigenvalue weighted by atomic mass is 32.1. The molecule has 0 amide bonds. The third kappa shape index (κ3) is 9.18. The number of aliphatic carboxylic acids is 1.